The highest BCUT2D eigenvalue weighted by atomic mass is 35.5. The molecule has 0 aliphatic heterocycles. The molecular formula is C11H13Cl2NO3. The van der Waals surface area contributed by atoms with Crippen LogP contribution in [0.2, 0.25) is 10.0 Å². The molecule has 0 aromatic heterocycles. The molecule has 0 fully saturated rings. The molecule has 0 spiro atoms. The summed E-state index contributed by atoms with van der Waals surface area (Å²) in [6.07, 6.45) is 0.583. The van der Waals surface area contributed by atoms with Gasteiger partial charge in [-0.1, -0.05) is 23.2 Å². The van der Waals surface area contributed by atoms with Gasteiger partial charge < -0.3 is 15.5 Å². The Balaban J connectivity index is 2.65. The Morgan fingerprint density at radius 3 is 2.41 bits per heavy atom. The minimum atomic E-state index is -0.833. The maximum atomic E-state index is 10.4. The molecule has 1 aromatic rings. The van der Waals surface area contributed by atoms with Crippen LogP contribution in [0.3, 0.4) is 0 Å². The third-order valence-corrected chi connectivity index (χ3v) is 2.80. The van der Waals surface area contributed by atoms with Crippen LogP contribution in [-0.4, -0.2) is 22.2 Å². The molecule has 3 N–H and O–H groups in total. The summed E-state index contributed by atoms with van der Waals surface area (Å²) in [4.78, 5) is 10.4. The van der Waals surface area contributed by atoms with Crippen molar-refractivity contribution in [3.63, 3.8) is 0 Å². The number of nitrogens with one attached hydrogen (secondary N) is 1. The molecule has 4 nitrogen and oxygen atoms in total. The summed E-state index contributed by atoms with van der Waals surface area (Å²) in [5.74, 6) is -0.988. The Hall–Kier alpha value is -1.13. The van der Waals surface area contributed by atoms with E-state index in [9.17, 15) is 9.90 Å². The lowest BCUT2D eigenvalue weighted by Crippen LogP contribution is -2.16. The normalized spacial score (nSPS) is 12.2. The predicted molar refractivity (Wildman–Crippen MR) is 68.1 cm³/mol. The molecule has 1 unspecified atom stereocenters. The van der Waals surface area contributed by atoms with E-state index in [1.807, 2.05) is 6.92 Å². The largest absolute Gasteiger partial charge is 0.505 e. The summed E-state index contributed by atoms with van der Waals surface area (Å²) in [7, 11) is 0. The number of hydrogen-bond acceptors (Lipinski definition) is 3. The van der Waals surface area contributed by atoms with Gasteiger partial charge in [-0.3, -0.25) is 4.79 Å². The molecule has 1 atom stereocenters. The van der Waals surface area contributed by atoms with Crippen LogP contribution >= 0.6 is 23.2 Å². The number of aromatic hydroxyl groups is 1. The first-order chi connectivity index (χ1) is 7.90. The van der Waals surface area contributed by atoms with Crippen molar-refractivity contribution >= 4 is 34.9 Å². The van der Waals surface area contributed by atoms with Gasteiger partial charge in [-0.05, 0) is 25.5 Å². The zero-order valence-corrected chi connectivity index (χ0v) is 10.7. The molecule has 0 saturated heterocycles. The standard InChI is InChI=1S/C11H13Cl2NO3/c1-6(2-3-10(15)16)14-7-4-8(12)11(17)9(13)5-7/h4-6,14,17H,2-3H2,1H3,(H,15,16). The first kappa shape index (κ1) is 13.9. The number of phenols is 1. The molecule has 1 aromatic carbocycles. The molecule has 0 amide bonds. The summed E-state index contributed by atoms with van der Waals surface area (Å²) >= 11 is 11.5. The number of rotatable bonds is 5. The molecule has 17 heavy (non-hydrogen) atoms. The van der Waals surface area contributed by atoms with Crippen molar-refractivity contribution in [1.82, 2.24) is 0 Å². The quantitative estimate of drug-likeness (QED) is 0.722. The second-order valence-corrected chi connectivity index (χ2v) is 4.58. The summed E-state index contributed by atoms with van der Waals surface area (Å²) in [5.41, 5.74) is 0.649. The van der Waals surface area contributed by atoms with Crippen LogP contribution in [0.4, 0.5) is 5.69 Å². The van der Waals surface area contributed by atoms with Gasteiger partial charge in [0.25, 0.3) is 0 Å². The van der Waals surface area contributed by atoms with Crippen LogP contribution in [0.25, 0.3) is 0 Å². The zero-order valence-electron chi connectivity index (χ0n) is 9.20. The van der Waals surface area contributed by atoms with Gasteiger partial charge in [0.05, 0.1) is 10.0 Å². The molecule has 1 rings (SSSR count). The van der Waals surface area contributed by atoms with Crippen molar-refractivity contribution in [2.75, 3.05) is 5.32 Å². The molecule has 0 bridgehead atoms. The third kappa shape index (κ3) is 4.32. The maximum absolute atomic E-state index is 10.4. The van der Waals surface area contributed by atoms with Crippen molar-refractivity contribution in [3.8, 4) is 5.75 Å². The van der Waals surface area contributed by atoms with E-state index in [0.29, 0.717) is 12.1 Å². The van der Waals surface area contributed by atoms with Crippen LogP contribution in [0.1, 0.15) is 19.8 Å². The third-order valence-electron chi connectivity index (χ3n) is 2.22. The Morgan fingerprint density at radius 2 is 1.94 bits per heavy atom. The second-order valence-electron chi connectivity index (χ2n) is 3.77. The van der Waals surface area contributed by atoms with Gasteiger partial charge in [-0.2, -0.15) is 0 Å². The smallest absolute Gasteiger partial charge is 0.303 e. The number of carboxylic acid groups (broad SMARTS) is 1. The van der Waals surface area contributed by atoms with Gasteiger partial charge >= 0.3 is 5.97 Å². The van der Waals surface area contributed by atoms with Crippen molar-refractivity contribution in [3.05, 3.63) is 22.2 Å². The van der Waals surface area contributed by atoms with Crippen molar-refractivity contribution in [1.29, 1.82) is 0 Å². The van der Waals surface area contributed by atoms with E-state index >= 15 is 0 Å². The monoisotopic (exact) mass is 277 g/mol. The fraction of sp³-hybridized carbons (Fsp3) is 0.364. The first-order valence-electron chi connectivity index (χ1n) is 5.06. The lowest BCUT2D eigenvalue weighted by atomic mass is 10.1. The second kappa shape index (κ2) is 5.98. The molecule has 6 heteroatoms. The van der Waals surface area contributed by atoms with Gasteiger partial charge in [0.15, 0.2) is 5.75 Å². The van der Waals surface area contributed by atoms with Gasteiger partial charge in [0.2, 0.25) is 0 Å². The van der Waals surface area contributed by atoms with Gasteiger partial charge in [-0.15, -0.1) is 0 Å². The molecule has 0 aliphatic carbocycles. The minimum Gasteiger partial charge on any atom is -0.505 e. The summed E-state index contributed by atoms with van der Waals surface area (Å²) in [6, 6.07) is 3.06. The minimum absolute atomic E-state index is 0.0252. The fourth-order valence-electron chi connectivity index (χ4n) is 1.35. The zero-order chi connectivity index (χ0) is 13.0. The van der Waals surface area contributed by atoms with Crippen LogP contribution in [0.5, 0.6) is 5.75 Å². The van der Waals surface area contributed by atoms with E-state index in [1.54, 1.807) is 12.1 Å². The average molecular weight is 278 g/mol. The highest BCUT2D eigenvalue weighted by molar-refractivity contribution is 6.37. The van der Waals surface area contributed by atoms with E-state index in [0.717, 1.165) is 0 Å². The molecular weight excluding hydrogens is 265 g/mol. The topological polar surface area (TPSA) is 69.6 Å². The van der Waals surface area contributed by atoms with E-state index in [1.165, 1.54) is 0 Å². The van der Waals surface area contributed by atoms with E-state index in [-0.39, 0.29) is 28.3 Å². The Labute approximate surface area is 109 Å². The first-order valence-corrected chi connectivity index (χ1v) is 5.82. The van der Waals surface area contributed by atoms with Gasteiger partial charge in [0.1, 0.15) is 0 Å². The van der Waals surface area contributed by atoms with Crippen molar-refractivity contribution < 1.29 is 15.0 Å². The highest BCUT2D eigenvalue weighted by Crippen LogP contribution is 2.34. The van der Waals surface area contributed by atoms with Crippen molar-refractivity contribution in [2.24, 2.45) is 0 Å². The van der Waals surface area contributed by atoms with Crippen LogP contribution < -0.4 is 5.32 Å². The fourth-order valence-corrected chi connectivity index (χ4v) is 1.83. The van der Waals surface area contributed by atoms with E-state index < -0.39 is 5.97 Å². The van der Waals surface area contributed by atoms with E-state index in [4.69, 9.17) is 28.3 Å². The van der Waals surface area contributed by atoms with Gasteiger partial charge in [0, 0.05) is 18.2 Å². The summed E-state index contributed by atoms with van der Waals surface area (Å²) in [6.45, 7) is 1.86. The molecule has 0 radical (unpaired) electrons. The lowest BCUT2D eigenvalue weighted by molar-refractivity contribution is -0.137. The number of aliphatic carboxylic acids is 1. The molecule has 0 heterocycles. The maximum Gasteiger partial charge on any atom is 0.303 e. The van der Waals surface area contributed by atoms with Crippen LogP contribution in [0, 0.1) is 0 Å². The molecule has 0 aliphatic rings. The molecule has 0 saturated carbocycles. The Kier molecular flexibility index (Phi) is 4.90. The Morgan fingerprint density at radius 1 is 1.41 bits per heavy atom. The number of phenolic OH excluding ortho intramolecular Hbond substituents is 1. The van der Waals surface area contributed by atoms with Crippen LogP contribution in [0.15, 0.2) is 12.1 Å². The summed E-state index contributed by atoms with van der Waals surface area (Å²) in [5, 5.41) is 21.3. The average Bonchev–Trinajstić information content (AvgIpc) is 2.23. The number of halogens is 2. The van der Waals surface area contributed by atoms with Crippen LogP contribution in [-0.2, 0) is 4.79 Å². The SMILES string of the molecule is CC(CCC(=O)O)Nc1cc(Cl)c(O)c(Cl)c1. The number of benzene rings is 1. The summed E-state index contributed by atoms with van der Waals surface area (Å²) < 4.78 is 0. The van der Waals surface area contributed by atoms with Gasteiger partial charge in [-0.25, -0.2) is 0 Å². The van der Waals surface area contributed by atoms with Crippen molar-refractivity contribution in [2.45, 2.75) is 25.8 Å². The number of carbonyl (C=O) groups is 1. The lowest BCUT2D eigenvalue weighted by Gasteiger charge is -2.15. The Bertz CT molecular complexity index is 400. The molecule has 94 valence electrons. The number of anilines is 1. The number of carboxylic acids is 1. The predicted octanol–water partition coefficient (Wildman–Crippen LogP) is 3.36. The van der Waals surface area contributed by atoms with E-state index in [2.05, 4.69) is 5.32 Å². The number of hydrogen-bond donors (Lipinski definition) is 3. The highest BCUT2D eigenvalue weighted by Gasteiger charge is 2.09.